The summed E-state index contributed by atoms with van der Waals surface area (Å²) in [6.07, 6.45) is 0. The molecule has 0 heteroatoms. The van der Waals surface area contributed by atoms with Crippen molar-refractivity contribution in [2.75, 3.05) is 0 Å². The fraction of sp³-hybridized carbons (Fsp3) is 0. The van der Waals surface area contributed by atoms with Crippen molar-refractivity contribution in [1.29, 1.82) is 0 Å². The largest absolute Gasteiger partial charge is 0.0622 e. The van der Waals surface area contributed by atoms with Crippen molar-refractivity contribution in [2.45, 2.75) is 0 Å². The van der Waals surface area contributed by atoms with E-state index >= 15 is 0 Å². The minimum absolute atomic E-state index is 1.22. The average Bonchev–Trinajstić information content (AvgIpc) is 3.11. The second-order valence-electron chi connectivity index (χ2n) is 11.3. The van der Waals surface area contributed by atoms with Crippen LogP contribution in [0.4, 0.5) is 0 Å². The Morgan fingerprint density at radius 3 is 1.25 bits per heavy atom. The van der Waals surface area contributed by atoms with Crippen LogP contribution in [0.25, 0.3) is 77.2 Å². The highest BCUT2D eigenvalue weighted by atomic mass is 14.2. The molecule has 0 unspecified atom stereocenters. The number of hydrogen-bond donors (Lipinski definition) is 0. The van der Waals surface area contributed by atoms with Crippen LogP contribution in [-0.4, -0.2) is 0 Å². The van der Waals surface area contributed by atoms with E-state index in [2.05, 4.69) is 182 Å². The molecule has 0 aliphatic rings. The van der Waals surface area contributed by atoms with E-state index in [1.54, 1.807) is 0 Å². The first kappa shape index (κ1) is 25.9. The monoisotopic (exact) mass is 558 g/mol. The van der Waals surface area contributed by atoms with Gasteiger partial charge in [0.05, 0.1) is 0 Å². The molecule has 8 aromatic carbocycles. The lowest BCUT2D eigenvalue weighted by molar-refractivity contribution is 1.60. The molecule has 0 fully saturated rings. The van der Waals surface area contributed by atoms with Gasteiger partial charge in [-0.1, -0.05) is 176 Å². The van der Waals surface area contributed by atoms with Gasteiger partial charge in [0, 0.05) is 0 Å². The van der Waals surface area contributed by atoms with Gasteiger partial charge in [-0.25, -0.2) is 0 Å². The molecule has 44 heavy (non-hydrogen) atoms. The Bertz CT molecular complexity index is 2230. The van der Waals surface area contributed by atoms with Crippen LogP contribution in [0.1, 0.15) is 0 Å². The molecule has 0 bridgehead atoms. The standard InChI is InChI=1S/C44H30/c1-4-14-31(15-5-1)33-24-26-35(27-25-33)43-39-22-12-13-23-40(39)44(38-21-11-10-20-37(38)34-18-8-3-9-19-34)41-29-28-36(30-42(41)43)32-16-6-2-7-17-32/h1-30H. The van der Waals surface area contributed by atoms with Crippen molar-refractivity contribution in [3.8, 4) is 55.6 Å². The van der Waals surface area contributed by atoms with Gasteiger partial charge >= 0.3 is 0 Å². The summed E-state index contributed by atoms with van der Waals surface area (Å²) in [4.78, 5) is 0. The van der Waals surface area contributed by atoms with Gasteiger partial charge in [0.2, 0.25) is 0 Å². The van der Waals surface area contributed by atoms with E-state index in [9.17, 15) is 0 Å². The van der Waals surface area contributed by atoms with Gasteiger partial charge < -0.3 is 0 Å². The van der Waals surface area contributed by atoms with Gasteiger partial charge in [0.25, 0.3) is 0 Å². The van der Waals surface area contributed by atoms with E-state index in [-0.39, 0.29) is 0 Å². The molecule has 0 aromatic heterocycles. The third-order valence-corrected chi connectivity index (χ3v) is 8.69. The number of rotatable bonds is 5. The normalized spacial score (nSPS) is 11.2. The Balaban J connectivity index is 1.45. The molecule has 0 amide bonds. The summed E-state index contributed by atoms with van der Waals surface area (Å²) in [5.41, 5.74) is 12.4. The molecule has 0 aliphatic heterocycles. The highest BCUT2D eigenvalue weighted by molar-refractivity contribution is 6.23. The Morgan fingerprint density at radius 2 is 0.614 bits per heavy atom. The van der Waals surface area contributed by atoms with E-state index in [0.29, 0.717) is 0 Å². The Kier molecular flexibility index (Phi) is 6.59. The first-order valence-electron chi connectivity index (χ1n) is 15.2. The third kappa shape index (κ3) is 4.58. The Morgan fingerprint density at radius 1 is 0.205 bits per heavy atom. The molecular formula is C44H30. The topological polar surface area (TPSA) is 0 Å². The number of hydrogen-bond acceptors (Lipinski definition) is 0. The zero-order chi connectivity index (χ0) is 29.3. The summed E-state index contributed by atoms with van der Waals surface area (Å²) in [5, 5.41) is 5.04. The summed E-state index contributed by atoms with van der Waals surface area (Å²) >= 11 is 0. The highest BCUT2D eigenvalue weighted by Gasteiger charge is 2.19. The quantitative estimate of drug-likeness (QED) is 0.184. The lowest BCUT2D eigenvalue weighted by Gasteiger charge is -2.20. The van der Waals surface area contributed by atoms with E-state index in [4.69, 9.17) is 0 Å². The molecule has 0 heterocycles. The molecule has 8 rings (SSSR count). The molecule has 0 N–H and O–H groups in total. The van der Waals surface area contributed by atoms with Gasteiger partial charge in [-0.3, -0.25) is 0 Å². The summed E-state index contributed by atoms with van der Waals surface area (Å²) in [6.45, 7) is 0. The van der Waals surface area contributed by atoms with Crippen molar-refractivity contribution in [3.05, 3.63) is 182 Å². The second-order valence-corrected chi connectivity index (χ2v) is 11.3. The van der Waals surface area contributed by atoms with Crippen LogP contribution in [0, 0.1) is 0 Å². The molecule has 0 radical (unpaired) electrons. The molecule has 0 aliphatic carbocycles. The smallest absolute Gasteiger partial charge is 0.00201 e. The molecule has 0 atom stereocenters. The van der Waals surface area contributed by atoms with Crippen molar-refractivity contribution < 1.29 is 0 Å². The van der Waals surface area contributed by atoms with Crippen LogP contribution in [-0.2, 0) is 0 Å². The number of fused-ring (bicyclic) bond motifs is 2. The van der Waals surface area contributed by atoms with Crippen LogP contribution in [0.2, 0.25) is 0 Å². The first-order chi connectivity index (χ1) is 21.8. The maximum atomic E-state index is 2.40. The average molecular weight is 559 g/mol. The van der Waals surface area contributed by atoms with Crippen LogP contribution >= 0.6 is 0 Å². The zero-order valence-electron chi connectivity index (χ0n) is 24.3. The summed E-state index contributed by atoms with van der Waals surface area (Å²) < 4.78 is 0. The molecular weight excluding hydrogens is 528 g/mol. The van der Waals surface area contributed by atoms with Gasteiger partial charge in [-0.2, -0.15) is 0 Å². The van der Waals surface area contributed by atoms with Crippen molar-refractivity contribution in [1.82, 2.24) is 0 Å². The van der Waals surface area contributed by atoms with E-state index < -0.39 is 0 Å². The minimum Gasteiger partial charge on any atom is -0.0622 e. The van der Waals surface area contributed by atoms with Crippen LogP contribution in [0.15, 0.2) is 182 Å². The lowest BCUT2D eigenvalue weighted by Crippen LogP contribution is -1.93. The third-order valence-electron chi connectivity index (χ3n) is 8.69. The fourth-order valence-electron chi connectivity index (χ4n) is 6.62. The predicted molar refractivity (Wildman–Crippen MR) is 189 cm³/mol. The van der Waals surface area contributed by atoms with E-state index in [1.165, 1.54) is 77.2 Å². The Hall–Kier alpha value is -5.72. The van der Waals surface area contributed by atoms with Crippen LogP contribution in [0.5, 0.6) is 0 Å². The lowest BCUT2D eigenvalue weighted by atomic mass is 9.83. The maximum Gasteiger partial charge on any atom is -0.00201 e. The van der Waals surface area contributed by atoms with Crippen molar-refractivity contribution >= 4 is 21.5 Å². The molecule has 0 nitrogen and oxygen atoms in total. The van der Waals surface area contributed by atoms with Crippen molar-refractivity contribution in [2.24, 2.45) is 0 Å². The van der Waals surface area contributed by atoms with Crippen molar-refractivity contribution in [3.63, 3.8) is 0 Å². The van der Waals surface area contributed by atoms with Gasteiger partial charge in [-0.05, 0) is 83.2 Å². The van der Waals surface area contributed by atoms with Gasteiger partial charge in [0.1, 0.15) is 0 Å². The summed E-state index contributed by atoms with van der Waals surface area (Å²) in [6, 6.07) is 65.9. The number of benzene rings is 8. The Labute approximate surface area is 258 Å². The fourth-order valence-corrected chi connectivity index (χ4v) is 6.62. The SMILES string of the molecule is c1ccc(-c2ccc(-c3c4ccccc4c(-c4ccccc4-c4ccccc4)c4ccc(-c5ccccc5)cc34)cc2)cc1. The maximum absolute atomic E-state index is 2.40. The van der Waals surface area contributed by atoms with Crippen LogP contribution < -0.4 is 0 Å². The minimum atomic E-state index is 1.22. The first-order valence-corrected chi connectivity index (χ1v) is 15.2. The predicted octanol–water partition coefficient (Wildman–Crippen LogP) is 12.3. The summed E-state index contributed by atoms with van der Waals surface area (Å²) in [5.74, 6) is 0. The molecule has 0 spiro atoms. The molecule has 0 saturated heterocycles. The molecule has 206 valence electrons. The van der Waals surface area contributed by atoms with Crippen LogP contribution in [0.3, 0.4) is 0 Å². The molecule has 0 saturated carbocycles. The zero-order valence-corrected chi connectivity index (χ0v) is 24.3. The molecule has 8 aromatic rings. The van der Waals surface area contributed by atoms with E-state index in [0.717, 1.165) is 0 Å². The second kappa shape index (κ2) is 11.2. The highest BCUT2D eigenvalue weighted by Crippen LogP contribution is 2.47. The van der Waals surface area contributed by atoms with Gasteiger partial charge in [0.15, 0.2) is 0 Å². The summed E-state index contributed by atoms with van der Waals surface area (Å²) in [7, 11) is 0. The van der Waals surface area contributed by atoms with E-state index in [1.807, 2.05) is 0 Å². The van der Waals surface area contributed by atoms with Gasteiger partial charge in [-0.15, -0.1) is 0 Å².